The summed E-state index contributed by atoms with van der Waals surface area (Å²) in [6, 6.07) is 0. The first-order valence-corrected chi connectivity index (χ1v) is 6.31. The van der Waals surface area contributed by atoms with Crippen molar-refractivity contribution < 1.29 is 14.3 Å². The standard InChI is InChI=1S/C15H18O3/c1-10-4-3-5-12(9-16)6-7-13-11(2)15(17)18-14(13)8-10/h4,6,9,13-14H,2-3,5,7-8H2,1H3/b10-4+,12-6+/t13-,14+/m1/s1. The summed E-state index contributed by atoms with van der Waals surface area (Å²) in [7, 11) is 0. The Labute approximate surface area is 107 Å². The lowest BCUT2D eigenvalue weighted by atomic mass is 9.88. The van der Waals surface area contributed by atoms with Gasteiger partial charge >= 0.3 is 5.97 Å². The molecule has 2 aliphatic rings. The van der Waals surface area contributed by atoms with Crippen molar-refractivity contribution in [2.24, 2.45) is 5.92 Å². The van der Waals surface area contributed by atoms with Crippen LogP contribution in [-0.4, -0.2) is 18.4 Å². The van der Waals surface area contributed by atoms with Gasteiger partial charge < -0.3 is 4.74 Å². The Morgan fingerprint density at radius 3 is 2.94 bits per heavy atom. The van der Waals surface area contributed by atoms with E-state index in [1.54, 1.807) is 0 Å². The molecule has 0 spiro atoms. The second-order valence-electron chi connectivity index (χ2n) is 5.00. The topological polar surface area (TPSA) is 43.4 Å². The third-order valence-corrected chi connectivity index (χ3v) is 3.65. The zero-order valence-corrected chi connectivity index (χ0v) is 10.6. The Balaban J connectivity index is 2.26. The normalized spacial score (nSPS) is 34.7. The van der Waals surface area contributed by atoms with Crippen LogP contribution in [0.2, 0.25) is 0 Å². The number of ether oxygens (including phenoxy) is 1. The van der Waals surface area contributed by atoms with E-state index in [0.29, 0.717) is 12.0 Å². The van der Waals surface area contributed by atoms with Crippen LogP contribution in [0.5, 0.6) is 0 Å². The molecule has 18 heavy (non-hydrogen) atoms. The van der Waals surface area contributed by atoms with Crippen LogP contribution in [0.25, 0.3) is 0 Å². The molecule has 3 nitrogen and oxygen atoms in total. The zero-order chi connectivity index (χ0) is 13.1. The molecule has 1 aliphatic carbocycles. The van der Waals surface area contributed by atoms with Gasteiger partial charge in [-0.15, -0.1) is 0 Å². The van der Waals surface area contributed by atoms with Crippen molar-refractivity contribution >= 4 is 12.3 Å². The summed E-state index contributed by atoms with van der Waals surface area (Å²) in [5.41, 5.74) is 2.54. The predicted molar refractivity (Wildman–Crippen MR) is 68.9 cm³/mol. The lowest BCUT2D eigenvalue weighted by Crippen LogP contribution is -2.17. The number of hydrogen-bond donors (Lipinski definition) is 0. The van der Waals surface area contributed by atoms with Gasteiger partial charge in [-0.2, -0.15) is 0 Å². The molecule has 0 radical (unpaired) electrons. The van der Waals surface area contributed by atoms with Gasteiger partial charge in [0.2, 0.25) is 0 Å². The molecule has 0 aromatic rings. The highest BCUT2D eigenvalue weighted by Crippen LogP contribution is 2.34. The van der Waals surface area contributed by atoms with Crippen LogP contribution in [-0.2, 0) is 14.3 Å². The fourth-order valence-electron chi connectivity index (χ4n) is 2.52. The van der Waals surface area contributed by atoms with E-state index in [1.807, 2.05) is 13.0 Å². The van der Waals surface area contributed by atoms with E-state index in [2.05, 4.69) is 12.7 Å². The van der Waals surface area contributed by atoms with Crippen molar-refractivity contribution in [1.82, 2.24) is 0 Å². The first-order valence-electron chi connectivity index (χ1n) is 6.31. The Morgan fingerprint density at radius 2 is 2.22 bits per heavy atom. The second-order valence-corrected chi connectivity index (χ2v) is 5.00. The van der Waals surface area contributed by atoms with Crippen LogP contribution in [0.1, 0.15) is 32.6 Å². The van der Waals surface area contributed by atoms with E-state index in [9.17, 15) is 9.59 Å². The number of carbonyl (C=O) groups is 2. The van der Waals surface area contributed by atoms with E-state index in [1.165, 1.54) is 5.57 Å². The highest BCUT2D eigenvalue weighted by atomic mass is 16.6. The quantitative estimate of drug-likeness (QED) is 0.309. The van der Waals surface area contributed by atoms with Gasteiger partial charge in [0.15, 0.2) is 0 Å². The highest BCUT2D eigenvalue weighted by Gasteiger charge is 2.37. The third-order valence-electron chi connectivity index (χ3n) is 3.65. The summed E-state index contributed by atoms with van der Waals surface area (Å²) >= 11 is 0. The first kappa shape index (κ1) is 12.8. The van der Waals surface area contributed by atoms with Gasteiger partial charge in [-0.05, 0) is 31.8 Å². The molecule has 0 bridgehead atoms. The van der Waals surface area contributed by atoms with E-state index in [4.69, 9.17) is 4.74 Å². The van der Waals surface area contributed by atoms with Crippen molar-refractivity contribution in [2.45, 2.75) is 38.7 Å². The lowest BCUT2D eigenvalue weighted by Gasteiger charge is -2.18. The number of fused-ring (bicyclic) bond motifs is 1. The monoisotopic (exact) mass is 246 g/mol. The SMILES string of the molecule is C=C1C(=O)O[C@H]2C/C(C)=C/CC/C(C=O)=C\C[C@H]12. The minimum atomic E-state index is -0.293. The van der Waals surface area contributed by atoms with Crippen LogP contribution in [0.3, 0.4) is 0 Å². The molecule has 3 heteroatoms. The van der Waals surface area contributed by atoms with E-state index in [-0.39, 0.29) is 18.0 Å². The van der Waals surface area contributed by atoms with Crippen LogP contribution in [0, 0.1) is 5.92 Å². The van der Waals surface area contributed by atoms with Gasteiger partial charge in [0.05, 0.1) is 0 Å². The number of rotatable bonds is 1. The van der Waals surface area contributed by atoms with Crippen LogP contribution in [0.15, 0.2) is 35.5 Å². The molecule has 0 unspecified atom stereocenters. The summed E-state index contributed by atoms with van der Waals surface area (Å²) in [5.74, 6) is -0.285. The van der Waals surface area contributed by atoms with Crippen molar-refractivity contribution in [3.8, 4) is 0 Å². The molecule has 0 amide bonds. The Kier molecular flexibility index (Phi) is 3.80. The zero-order valence-electron chi connectivity index (χ0n) is 10.6. The highest BCUT2D eigenvalue weighted by molar-refractivity contribution is 5.90. The molecule has 1 aliphatic heterocycles. The Bertz CT molecular complexity index is 443. The number of esters is 1. The molecule has 96 valence electrons. The molecular formula is C15H18O3. The van der Waals surface area contributed by atoms with E-state index in [0.717, 1.165) is 31.1 Å². The van der Waals surface area contributed by atoms with Gasteiger partial charge in [0, 0.05) is 17.9 Å². The van der Waals surface area contributed by atoms with Gasteiger partial charge in [0.25, 0.3) is 0 Å². The maximum atomic E-state index is 11.6. The molecule has 2 atom stereocenters. The van der Waals surface area contributed by atoms with Crippen molar-refractivity contribution in [1.29, 1.82) is 0 Å². The first-order chi connectivity index (χ1) is 8.61. The number of aldehydes is 1. The van der Waals surface area contributed by atoms with Crippen molar-refractivity contribution in [3.63, 3.8) is 0 Å². The van der Waals surface area contributed by atoms with E-state index >= 15 is 0 Å². The van der Waals surface area contributed by atoms with Crippen LogP contribution in [0.4, 0.5) is 0 Å². The maximum absolute atomic E-state index is 11.6. The molecule has 0 aromatic heterocycles. The fourth-order valence-corrected chi connectivity index (χ4v) is 2.52. The minimum absolute atomic E-state index is 0.00824. The average Bonchev–Trinajstić information content (AvgIpc) is 2.60. The number of carbonyl (C=O) groups excluding carboxylic acids is 2. The summed E-state index contributed by atoms with van der Waals surface area (Å²) < 4.78 is 5.35. The minimum Gasteiger partial charge on any atom is -0.458 e. The molecule has 0 aromatic carbocycles. The van der Waals surface area contributed by atoms with Crippen molar-refractivity contribution in [3.05, 3.63) is 35.5 Å². The fraction of sp³-hybridized carbons (Fsp3) is 0.467. The van der Waals surface area contributed by atoms with Gasteiger partial charge in [-0.3, -0.25) is 4.79 Å². The molecule has 1 saturated heterocycles. The smallest absolute Gasteiger partial charge is 0.334 e. The average molecular weight is 246 g/mol. The summed E-state index contributed by atoms with van der Waals surface area (Å²) in [6.07, 6.45) is 7.88. The van der Waals surface area contributed by atoms with Crippen LogP contribution < -0.4 is 0 Å². The molecular weight excluding hydrogens is 228 g/mol. The molecule has 0 N–H and O–H groups in total. The van der Waals surface area contributed by atoms with Crippen molar-refractivity contribution in [2.75, 3.05) is 0 Å². The molecule has 1 fully saturated rings. The summed E-state index contributed by atoms with van der Waals surface area (Å²) in [6.45, 7) is 5.85. The van der Waals surface area contributed by atoms with Gasteiger partial charge in [-0.25, -0.2) is 4.79 Å². The largest absolute Gasteiger partial charge is 0.458 e. The Morgan fingerprint density at radius 1 is 1.44 bits per heavy atom. The Hall–Kier alpha value is -1.64. The van der Waals surface area contributed by atoms with Gasteiger partial charge in [0.1, 0.15) is 12.4 Å². The number of hydrogen-bond acceptors (Lipinski definition) is 3. The molecule has 2 rings (SSSR count). The van der Waals surface area contributed by atoms with Crippen LogP contribution >= 0.6 is 0 Å². The van der Waals surface area contributed by atoms with Gasteiger partial charge in [-0.1, -0.05) is 24.3 Å². The maximum Gasteiger partial charge on any atom is 0.334 e. The third kappa shape index (κ3) is 2.61. The summed E-state index contributed by atoms with van der Waals surface area (Å²) in [4.78, 5) is 22.5. The lowest BCUT2D eigenvalue weighted by molar-refractivity contribution is -0.139. The molecule has 0 saturated carbocycles. The number of allylic oxidation sites excluding steroid dienone is 3. The summed E-state index contributed by atoms with van der Waals surface area (Å²) in [5, 5.41) is 0. The predicted octanol–water partition coefficient (Wildman–Crippen LogP) is 2.73. The second kappa shape index (κ2) is 5.34. The van der Waals surface area contributed by atoms with E-state index < -0.39 is 0 Å². The molecule has 1 heterocycles.